The molecule has 1 aromatic rings. The van der Waals surface area contributed by atoms with Crippen LogP contribution in [0.4, 0.5) is 11.8 Å². The zero-order chi connectivity index (χ0) is 17.3. The van der Waals surface area contributed by atoms with Gasteiger partial charge in [-0.3, -0.25) is 0 Å². The summed E-state index contributed by atoms with van der Waals surface area (Å²) in [7, 11) is 0. The molecule has 1 saturated carbocycles. The molecule has 1 aromatic heterocycles. The van der Waals surface area contributed by atoms with Gasteiger partial charge in [-0.1, -0.05) is 19.3 Å². The summed E-state index contributed by atoms with van der Waals surface area (Å²) in [5.41, 5.74) is 0.356. The van der Waals surface area contributed by atoms with Gasteiger partial charge in [-0.25, -0.2) is 4.98 Å². The van der Waals surface area contributed by atoms with Gasteiger partial charge in [0.15, 0.2) is 0 Å². The Morgan fingerprint density at radius 3 is 2.72 bits per heavy atom. The van der Waals surface area contributed by atoms with Crippen molar-refractivity contribution in [3.63, 3.8) is 0 Å². The molecule has 3 fully saturated rings. The van der Waals surface area contributed by atoms with E-state index < -0.39 is 5.60 Å². The number of rotatable bonds is 5. The molecule has 2 saturated heterocycles. The van der Waals surface area contributed by atoms with Gasteiger partial charge in [0.05, 0.1) is 24.0 Å². The maximum absolute atomic E-state index is 10.7. The van der Waals surface area contributed by atoms with Crippen molar-refractivity contribution in [2.45, 2.75) is 56.1 Å². The molecular formula is C18H28N4O3. The van der Waals surface area contributed by atoms with Gasteiger partial charge in [0.25, 0.3) is 0 Å². The first-order valence-electron chi connectivity index (χ1n) is 9.47. The summed E-state index contributed by atoms with van der Waals surface area (Å²) in [6, 6.07) is 1.99. The van der Waals surface area contributed by atoms with Crippen molar-refractivity contribution in [3.05, 3.63) is 11.8 Å². The third-order valence-corrected chi connectivity index (χ3v) is 5.61. The molecular weight excluding hydrogens is 320 g/mol. The first-order chi connectivity index (χ1) is 12.1. The fraction of sp³-hybridized carbons (Fsp3) is 0.778. The predicted octanol–water partition coefficient (Wildman–Crippen LogP) is 1.27. The molecule has 4 rings (SSSR count). The van der Waals surface area contributed by atoms with Crippen molar-refractivity contribution in [1.82, 2.24) is 9.97 Å². The smallest absolute Gasteiger partial charge is 0.227 e. The number of nitrogens with one attached hydrogen (secondary N) is 1. The van der Waals surface area contributed by atoms with Gasteiger partial charge in [-0.15, -0.1) is 0 Å². The summed E-state index contributed by atoms with van der Waals surface area (Å²) in [4.78, 5) is 11.3. The number of aromatic nitrogens is 2. The molecule has 7 nitrogen and oxygen atoms in total. The van der Waals surface area contributed by atoms with Gasteiger partial charge in [-0.2, -0.15) is 4.98 Å². The van der Waals surface area contributed by atoms with Gasteiger partial charge in [0, 0.05) is 38.2 Å². The number of aliphatic hydroxyl groups is 2. The lowest BCUT2D eigenvalue weighted by atomic mass is 9.85. The summed E-state index contributed by atoms with van der Waals surface area (Å²) in [6.45, 7) is 3.14. The number of hydrogen-bond acceptors (Lipinski definition) is 7. The first-order valence-corrected chi connectivity index (χ1v) is 9.47. The number of anilines is 2. The molecule has 3 N–H and O–H groups in total. The molecule has 7 heteroatoms. The number of aliphatic hydroxyl groups excluding tert-OH is 1. The van der Waals surface area contributed by atoms with Crippen LogP contribution in [0.15, 0.2) is 6.07 Å². The highest BCUT2D eigenvalue weighted by atomic mass is 16.5. The summed E-state index contributed by atoms with van der Waals surface area (Å²) < 4.78 is 5.51. The van der Waals surface area contributed by atoms with E-state index in [1.807, 2.05) is 11.0 Å². The summed E-state index contributed by atoms with van der Waals surface area (Å²) in [6.07, 6.45) is 5.76. The lowest BCUT2D eigenvalue weighted by molar-refractivity contribution is 0.0166. The fourth-order valence-corrected chi connectivity index (χ4v) is 3.92. The number of ether oxygens (including phenoxy) is 1. The van der Waals surface area contributed by atoms with Crippen LogP contribution >= 0.6 is 0 Å². The molecule has 1 aliphatic carbocycles. The van der Waals surface area contributed by atoms with E-state index in [0.717, 1.165) is 50.2 Å². The number of nitrogens with zero attached hydrogens (tertiary/aromatic N) is 3. The van der Waals surface area contributed by atoms with Gasteiger partial charge in [0.1, 0.15) is 5.82 Å². The van der Waals surface area contributed by atoms with Crippen molar-refractivity contribution in [2.75, 3.05) is 43.1 Å². The molecule has 2 aliphatic heterocycles. The van der Waals surface area contributed by atoms with E-state index in [1.54, 1.807) is 0 Å². The monoisotopic (exact) mass is 348 g/mol. The van der Waals surface area contributed by atoms with Crippen molar-refractivity contribution < 1.29 is 14.9 Å². The second-order valence-electron chi connectivity index (χ2n) is 7.74. The largest absolute Gasteiger partial charge is 0.389 e. The molecule has 3 aliphatic rings. The van der Waals surface area contributed by atoms with Crippen LogP contribution < -0.4 is 10.2 Å². The molecule has 0 radical (unpaired) electrons. The van der Waals surface area contributed by atoms with E-state index in [-0.39, 0.29) is 6.10 Å². The molecule has 0 amide bonds. The second-order valence-corrected chi connectivity index (χ2v) is 7.74. The molecule has 0 spiro atoms. The van der Waals surface area contributed by atoms with Crippen molar-refractivity contribution >= 4 is 11.8 Å². The van der Waals surface area contributed by atoms with Crippen LogP contribution in [0.25, 0.3) is 0 Å². The Morgan fingerprint density at radius 2 is 2.04 bits per heavy atom. The number of hydrogen-bond donors (Lipinski definition) is 3. The van der Waals surface area contributed by atoms with Crippen LogP contribution in [0.1, 0.15) is 50.1 Å². The average molecular weight is 348 g/mol. The molecule has 0 bridgehead atoms. The Balaban J connectivity index is 1.51. The molecule has 138 valence electrons. The average Bonchev–Trinajstić information content (AvgIpc) is 3.12. The van der Waals surface area contributed by atoms with Gasteiger partial charge >= 0.3 is 0 Å². The van der Waals surface area contributed by atoms with Gasteiger partial charge in [0.2, 0.25) is 5.95 Å². The Morgan fingerprint density at radius 1 is 1.24 bits per heavy atom. The summed E-state index contributed by atoms with van der Waals surface area (Å²) in [5.74, 6) is 1.71. The minimum Gasteiger partial charge on any atom is -0.389 e. The van der Waals surface area contributed by atoms with Crippen LogP contribution in [0.5, 0.6) is 0 Å². The zero-order valence-corrected chi connectivity index (χ0v) is 14.7. The highest BCUT2D eigenvalue weighted by Gasteiger charge is 2.31. The lowest BCUT2D eigenvalue weighted by Gasteiger charge is -2.36. The van der Waals surface area contributed by atoms with Crippen LogP contribution in [0.2, 0.25) is 0 Å². The zero-order valence-electron chi connectivity index (χ0n) is 14.7. The fourth-order valence-electron chi connectivity index (χ4n) is 3.92. The first kappa shape index (κ1) is 17.0. The van der Waals surface area contributed by atoms with Gasteiger partial charge < -0.3 is 25.2 Å². The number of β-amino-alcohol motifs (C(OH)–C–C–N with tert-alkyl or cyclic N) is 1. The standard InChI is InChI=1S/C18H28N4O3/c23-14-9-22(10-14)17-20-15(13-4-7-25-11-13)8-16(21-17)19-12-18(24)5-2-1-3-6-18/h8,13-14,23-24H,1-7,9-12H2,(H,19,20,21)/t13-/m0/s1. The highest BCUT2D eigenvalue weighted by Crippen LogP contribution is 2.30. The normalized spacial score (nSPS) is 26.5. The molecule has 1 atom stereocenters. The molecule has 0 unspecified atom stereocenters. The topological polar surface area (TPSA) is 90.7 Å². The van der Waals surface area contributed by atoms with Crippen LogP contribution in [0.3, 0.4) is 0 Å². The van der Waals surface area contributed by atoms with Gasteiger partial charge in [-0.05, 0) is 19.3 Å². The van der Waals surface area contributed by atoms with Crippen LogP contribution in [0, 0.1) is 0 Å². The van der Waals surface area contributed by atoms with E-state index >= 15 is 0 Å². The second kappa shape index (κ2) is 7.05. The highest BCUT2D eigenvalue weighted by molar-refractivity contribution is 5.46. The van der Waals surface area contributed by atoms with E-state index in [0.29, 0.717) is 38.1 Å². The van der Waals surface area contributed by atoms with E-state index in [2.05, 4.69) is 10.3 Å². The van der Waals surface area contributed by atoms with Crippen LogP contribution in [-0.4, -0.2) is 64.7 Å². The third-order valence-electron chi connectivity index (χ3n) is 5.61. The maximum atomic E-state index is 10.7. The van der Waals surface area contributed by atoms with E-state index in [1.165, 1.54) is 6.42 Å². The van der Waals surface area contributed by atoms with Crippen molar-refractivity contribution in [1.29, 1.82) is 0 Å². The summed E-state index contributed by atoms with van der Waals surface area (Å²) >= 11 is 0. The van der Waals surface area contributed by atoms with Crippen molar-refractivity contribution in [3.8, 4) is 0 Å². The predicted molar refractivity (Wildman–Crippen MR) is 95.0 cm³/mol. The quantitative estimate of drug-likeness (QED) is 0.738. The Labute approximate surface area is 148 Å². The third kappa shape index (κ3) is 3.88. The van der Waals surface area contributed by atoms with E-state index in [4.69, 9.17) is 9.72 Å². The Bertz CT molecular complexity index is 594. The Hall–Kier alpha value is -1.44. The Kier molecular flexibility index (Phi) is 4.80. The van der Waals surface area contributed by atoms with E-state index in [9.17, 15) is 10.2 Å². The summed E-state index contributed by atoms with van der Waals surface area (Å²) in [5, 5.41) is 23.6. The molecule has 25 heavy (non-hydrogen) atoms. The van der Waals surface area contributed by atoms with Crippen LogP contribution in [-0.2, 0) is 4.74 Å². The van der Waals surface area contributed by atoms with Crippen molar-refractivity contribution in [2.24, 2.45) is 0 Å². The lowest BCUT2D eigenvalue weighted by Crippen LogP contribution is -2.51. The molecule has 3 heterocycles. The minimum atomic E-state index is -0.632. The maximum Gasteiger partial charge on any atom is 0.227 e. The minimum absolute atomic E-state index is 0.290. The SMILES string of the molecule is OC1CN(c2nc(NCC3(O)CCCCC3)cc([C@H]3CCOC3)n2)C1. The molecule has 0 aromatic carbocycles.